The molecule has 4 aromatic rings. The molecule has 2 aromatic heterocycles. The highest BCUT2D eigenvalue weighted by atomic mass is 79.9. The number of aryl methyl sites for hydroxylation is 1. The minimum atomic E-state index is -0.680. The van der Waals surface area contributed by atoms with Gasteiger partial charge >= 0.3 is 5.97 Å². The van der Waals surface area contributed by atoms with Gasteiger partial charge in [0.2, 0.25) is 11.5 Å². The molecule has 0 aliphatic rings. The van der Waals surface area contributed by atoms with Gasteiger partial charge in [0, 0.05) is 18.0 Å². The normalized spacial score (nSPS) is 10.9. The topological polar surface area (TPSA) is 61.4 Å². The SMILES string of the molecule is Cn1c(-c2ccccc2)c(C(=O)COC(=O)c2ccc(Br)o2)c2ccccc21. The van der Waals surface area contributed by atoms with Gasteiger partial charge in [0.25, 0.3) is 0 Å². The highest BCUT2D eigenvalue weighted by Crippen LogP contribution is 2.33. The molecule has 6 heteroatoms. The van der Waals surface area contributed by atoms with Gasteiger partial charge in [0.05, 0.1) is 11.3 Å². The summed E-state index contributed by atoms with van der Waals surface area (Å²) >= 11 is 3.14. The van der Waals surface area contributed by atoms with Gasteiger partial charge in [-0.25, -0.2) is 4.79 Å². The molecule has 0 spiro atoms. The van der Waals surface area contributed by atoms with E-state index in [4.69, 9.17) is 9.15 Å². The number of furan rings is 1. The molecule has 0 atom stereocenters. The number of fused-ring (bicyclic) bond motifs is 1. The lowest BCUT2D eigenvalue weighted by atomic mass is 10.0. The van der Waals surface area contributed by atoms with Crippen molar-refractivity contribution < 1.29 is 18.7 Å². The van der Waals surface area contributed by atoms with Crippen LogP contribution in [0.3, 0.4) is 0 Å². The van der Waals surface area contributed by atoms with E-state index in [2.05, 4.69) is 15.9 Å². The maximum Gasteiger partial charge on any atom is 0.374 e. The number of hydrogen-bond donors (Lipinski definition) is 0. The number of esters is 1. The van der Waals surface area contributed by atoms with E-state index >= 15 is 0 Å². The standard InChI is InChI=1S/C22H16BrNO4/c1-24-16-10-6-5-9-15(16)20(21(24)14-7-3-2-4-8-14)17(25)13-27-22(26)18-11-12-19(23)28-18/h2-12H,13H2,1H3. The summed E-state index contributed by atoms with van der Waals surface area (Å²) in [6.07, 6.45) is 0. The van der Waals surface area contributed by atoms with E-state index in [0.29, 0.717) is 10.2 Å². The molecule has 28 heavy (non-hydrogen) atoms. The number of aromatic nitrogens is 1. The quantitative estimate of drug-likeness (QED) is 0.316. The van der Waals surface area contributed by atoms with Crippen LogP contribution in [0.25, 0.3) is 22.2 Å². The summed E-state index contributed by atoms with van der Waals surface area (Å²) in [6, 6.07) is 20.5. The Morgan fingerprint density at radius 3 is 2.43 bits per heavy atom. The van der Waals surface area contributed by atoms with Crippen molar-refractivity contribution in [2.45, 2.75) is 0 Å². The van der Waals surface area contributed by atoms with Crippen molar-refractivity contribution in [3.63, 3.8) is 0 Å². The van der Waals surface area contributed by atoms with E-state index in [1.165, 1.54) is 6.07 Å². The van der Waals surface area contributed by atoms with Gasteiger partial charge in [-0.1, -0.05) is 48.5 Å². The Morgan fingerprint density at radius 1 is 1.00 bits per heavy atom. The fraction of sp³-hybridized carbons (Fsp3) is 0.0909. The first-order valence-corrected chi connectivity index (χ1v) is 9.44. The van der Waals surface area contributed by atoms with Crippen LogP contribution in [0.4, 0.5) is 0 Å². The zero-order chi connectivity index (χ0) is 19.7. The summed E-state index contributed by atoms with van der Waals surface area (Å²) < 4.78 is 12.8. The predicted molar refractivity (Wildman–Crippen MR) is 109 cm³/mol. The third kappa shape index (κ3) is 3.27. The number of ketones is 1. The molecule has 2 heterocycles. The van der Waals surface area contributed by atoms with Crippen LogP contribution in [-0.4, -0.2) is 22.9 Å². The van der Waals surface area contributed by atoms with Gasteiger partial charge < -0.3 is 13.7 Å². The molecule has 0 aliphatic heterocycles. The summed E-state index contributed by atoms with van der Waals surface area (Å²) in [6.45, 7) is -0.370. The third-order valence-corrected chi connectivity index (χ3v) is 4.97. The first kappa shape index (κ1) is 18.3. The van der Waals surface area contributed by atoms with Crippen LogP contribution in [0, 0.1) is 0 Å². The Morgan fingerprint density at radius 2 is 1.71 bits per heavy atom. The van der Waals surface area contributed by atoms with Crippen LogP contribution in [0.15, 0.2) is 75.8 Å². The summed E-state index contributed by atoms with van der Waals surface area (Å²) in [7, 11) is 1.92. The molecule has 0 bridgehead atoms. The largest absolute Gasteiger partial charge is 0.451 e. The zero-order valence-electron chi connectivity index (χ0n) is 15.0. The maximum atomic E-state index is 13.1. The molecule has 0 fully saturated rings. The maximum absolute atomic E-state index is 13.1. The molecule has 2 aromatic carbocycles. The number of para-hydroxylation sites is 1. The average Bonchev–Trinajstić information content (AvgIpc) is 3.28. The summed E-state index contributed by atoms with van der Waals surface area (Å²) in [5.41, 5.74) is 3.19. The smallest absolute Gasteiger partial charge is 0.374 e. The number of carbonyl (C=O) groups is 2. The summed E-state index contributed by atoms with van der Waals surface area (Å²) in [5.74, 6) is -0.906. The summed E-state index contributed by atoms with van der Waals surface area (Å²) in [4.78, 5) is 25.2. The predicted octanol–water partition coefficient (Wildman–Crippen LogP) is 5.24. The molecule has 0 amide bonds. The lowest BCUT2D eigenvalue weighted by Gasteiger charge is -2.08. The number of hydrogen-bond acceptors (Lipinski definition) is 4. The van der Waals surface area contributed by atoms with Gasteiger partial charge in [0.15, 0.2) is 11.3 Å². The van der Waals surface area contributed by atoms with Crippen molar-refractivity contribution in [1.29, 1.82) is 0 Å². The molecule has 4 rings (SSSR count). The number of Topliss-reactive ketones (excluding diaryl/α,β-unsaturated/α-hetero) is 1. The fourth-order valence-electron chi connectivity index (χ4n) is 3.31. The Kier molecular flexibility index (Phi) is 4.88. The second-order valence-corrected chi connectivity index (χ2v) is 7.05. The Bertz CT molecular complexity index is 1170. The van der Waals surface area contributed by atoms with Crippen molar-refractivity contribution in [2.24, 2.45) is 7.05 Å². The van der Waals surface area contributed by atoms with E-state index in [0.717, 1.165) is 22.2 Å². The number of rotatable bonds is 5. The lowest BCUT2D eigenvalue weighted by Crippen LogP contribution is -2.14. The van der Waals surface area contributed by atoms with Gasteiger partial charge in [-0.15, -0.1) is 0 Å². The highest BCUT2D eigenvalue weighted by molar-refractivity contribution is 9.10. The van der Waals surface area contributed by atoms with Gasteiger partial charge in [0.1, 0.15) is 0 Å². The molecular formula is C22H16BrNO4. The Balaban J connectivity index is 1.71. The van der Waals surface area contributed by atoms with Crippen LogP contribution in [0.2, 0.25) is 0 Å². The van der Waals surface area contributed by atoms with E-state index in [1.807, 2.05) is 66.2 Å². The fourth-order valence-corrected chi connectivity index (χ4v) is 3.61. The molecule has 0 radical (unpaired) electrons. The second-order valence-electron chi connectivity index (χ2n) is 6.27. The molecule has 5 nitrogen and oxygen atoms in total. The Labute approximate surface area is 169 Å². The van der Waals surface area contributed by atoms with Crippen molar-refractivity contribution in [2.75, 3.05) is 6.61 Å². The zero-order valence-corrected chi connectivity index (χ0v) is 16.6. The number of benzene rings is 2. The molecular weight excluding hydrogens is 422 g/mol. The molecule has 0 saturated heterocycles. The minimum absolute atomic E-state index is 0.0425. The van der Waals surface area contributed by atoms with Crippen molar-refractivity contribution in [3.8, 4) is 11.3 Å². The van der Waals surface area contributed by atoms with E-state index in [-0.39, 0.29) is 18.2 Å². The van der Waals surface area contributed by atoms with Crippen molar-refractivity contribution >= 4 is 38.6 Å². The second kappa shape index (κ2) is 7.48. The average molecular weight is 438 g/mol. The van der Waals surface area contributed by atoms with Crippen LogP contribution in [0.1, 0.15) is 20.9 Å². The molecule has 0 saturated carbocycles. The Hall–Kier alpha value is -3.12. The van der Waals surface area contributed by atoms with Crippen molar-refractivity contribution in [3.05, 3.63) is 82.7 Å². The first-order valence-electron chi connectivity index (χ1n) is 8.64. The van der Waals surface area contributed by atoms with E-state index < -0.39 is 5.97 Å². The van der Waals surface area contributed by atoms with Crippen molar-refractivity contribution in [1.82, 2.24) is 4.57 Å². The minimum Gasteiger partial charge on any atom is -0.451 e. The first-order chi connectivity index (χ1) is 13.6. The molecule has 0 aliphatic carbocycles. The van der Waals surface area contributed by atoms with Gasteiger partial charge in [-0.3, -0.25) is 4.79 Å². The number of nitrogens with zero attached hydrogens (tertiary/aromatic N) is 1. The van der Waals surface area contributed by atoms with Crippen LogP contribution in [0.5, 0.6) is 0 Å². The summed E-state index contributed by atoms with van der Waals surface area (Å²) in [5, 5.41) is 0.825. The number of halogens is 1. The van der Waals surface area contributed by atoms with Crippen LogP contribution >= 0.6 is 15.9 Å². The van der Waals surface area contributed by atoms with Crippen LogP contribution in [-0.2, 0) is 11.8 Å². The molecule has 0 N–H and O–H groups in total. The number of ether oxygens (including phenoxy) is 1. The van der Waals surface area contributed by atoms with Gasteiger partial charge in [-0.2, -0.15) is 0 Å². The molecule has 0 unspecified atom stereocenters. The number of carbonyl (C=O) groups excluding carboxylic acids is 2. The van der Waals surface area contributed by atoms with E-state index in [1.54, 1.807) is 6.07 Å². The van der Waals surface area contributed by atoms with E-state index in [9.17, 15) is 9.59 Å². The van der Waals surface area contributed by atoms with Gasteiger partial charge in [-0.05, 0) is 39.7 Å². The third-order valence-electron chi connectivity index (χ3n) is 4.54. The monoisotopic (exact) mass is 437 g/mol. The lowest BCUT2D eigenvalue weighted by molar-refractivity contribution is 0.0443. The molecule has 140 valence electrons. The van der Waals surface area contributed by atoms with Crippen LogP contribution < -0.4 is 0 Å². The highest BCUT2D eigenvalue weighted by Gasteiger charge is 2.23.